The molecule has 0 saturated heterocycles. The van der Waals surface area contributed by atoms with Crippen LogP contribution in [0.15, 0.2) is 36.5 Å². The molecule has 0 atom stereocenters. The first-order chi connectivity index (χ1) is 10.1. The number of rotatable bonds is 2. The summed E-state index contributed by atoms with van der Waals surface area (Å²) in [6.45, 7) is 3.62. The molecule has 0 spiro atoms. The average Bonchev–Trinajstić information content (AvgIpc) is 2.45. The fraction of sp³-hybridized carbons (Fsp3) is 0.133. The van der Waals surface area contributed by atoms with Crippen molar-refractivity contribution in [3.8, 4) is 0 Å². The molecule has 1 amide bonds. The molecule has 21 heavy (non-hydrogen) atoms. The van der Waals surface area contributed by atoms with Gasteiger partial charge in [-0.3, -0.25) is 9.78 Å². The van der Waals surface area contributed by atoms with Gasteiger partial charge in [-0.25, -0.2) is 15.0 Å². The lowest BCUT2D eigenvalue weighted by Gasteiger charge is -2.06. The largest absolute Gasteiger partial charge is 0.305 e. The molecule has 2 aromatic heterocycles. The van der Waals surface area contributed by atoms with Crippen molar-refractivity contribution < 1.29 is 4.79 Å². The quantitative estimate of drug-likeness (QED) is 0.778. The number of hydrogen-bond acceptors (Lipinski definition) is 5. The molecule has 0 aliphatic rings. The van der Waals surface area contributed by atoms with Crippen molar-refractivity contribution in [3.63, 3.8) is 0 Å². The monoisotopic (exact) mass is 279 g/mol. The van der Waals surface area contributed by atoms with Crippen LogP contribution in [-0.2, 0) is 0 Å². The SMILES string of the molecule is Cc1cc(NC(=O)c2cnc3ccccc3n2)nc(C)n1. The van der Waals surface area contributed by atoms with E-state index in [1.165, 1.54) is 6.20 Å². The van der Waals surface area contributed by atoms with Crippen molar-refractivity contribution in [1.29, 1.82) is 0 Å². The Morgan fingerprint density at radius 2 is 1.81 bits per heavy atom. The molecule has 1 aromatic carbocycles. The minimum absolute atomic E-state index is 0.252. The van der Waals surface area contributed by atoms with Crippen LogP contribution in [0, 0.1) is 13.8 Å². The predicted octanol–water partition coefficient (Wildman–Crippen LogP) is 2.29. The Morgan fingerprint density at radius 3 is 2.57 bits per heavy atom. The zero-order chi connectivity index (χ0) is 14.8. The summed E-state index contributed by atoms with van der Waals surface area (Å²) in [6, 6.07) is 9.11. The molecule has 0 aliphatic carbocycles. The third-order valence-electron chi connectivity index (χ3n) is 2.89. The van der Waals surface area contributed by atoms with Crippen molar-refractivity contribution in [3.05, 3.63) is 53.7 Å². The predicted molar refractivity (Wildman–Crippen MR) is 79.0 cm³/mol. The van der Waals surface area contributed by atoms with E-state index in [0.29, 0.717) is 17.2 Å². The van der Waals surface area contributed by atoms with Gasteiger partial charge < -0.3 is 5.32 Å². The van der Waals surface area contributed by atoms with Crippen LogP contribution in [0.3, 0.4) is 0 Å². The summed E-state index contributed by atoms with van der Waals surface area (Å²) in [4.78, 5) is 29.1. The smallest absolute Gasteiger partial charge is 0.277 e. The van der Waals surface area contributed by atoms with Gasteiger partial charge in [-0.1, -0.05) is 12.1 Å². The van der Waals surface area contributed by atoms with Crippen molar-refractivity contribution in [2.75, 3.05) is 5.32 Å². The van der Waals surface area contributed by atoms with Crippen LogP contribution in [0.2, 0.25) is 0 Å². The van der Waals surface area contributed by atoms with E-state index in [1.54, 1.807) is 13.0 Å². The number of benzene rings is 1. The lowest BCUT2D eigenvalue weighted by Crippen LogP contribution is -2.15. The molecule has 6 nitrogen and oxygen atoms in total. The van der Waals surface area contributed by atoms with Crippen LogP contribution >= 0.6 is 0 Å². The summed E-state index contributed by atoms with van der Waals surface area (Å²) in [5.74, 6) is 0.723. The fourth-order valence-electron chi connectivity index (χ4n) is 2.03. The van der Waals surface area contributed by atoms with E-state index in [4.69, 9.17) is 0 Å². The Kier molecular flexibility index (Phi) is 3.27. The van der Waals surface area contributed by atoms with Gasteiger partial charge in [0.05, 0.1) is 17.2 Å². The fourth-order valence-corrected chi connectivity index (χ4v) is 2.03. The molecule has 1 N–H and O–H groups in total. The number of aromatic nitrogens is 4. The Hall–Kier alpha value is -2.89. The van der Waals surface area contributed by atoms with Crippen LogP contribution in [0.5, 0.6) is 0 Å². The van der Waals surface area contributed by atoms with E-state index in [0.717, 1.165) is 11.2 Å². The van der Waals surface area contributed by atoms with Gasteiger partial charge in [0.15, 0.2) is 0 Å². The highest BCUT2D eigenvalue weighted by atomic mass is 16.1. The minimum Gasteiger partial charge on any atom is -0.305 e. The van der Waals surface area contributed by atoms with Crippen molar-refractivity contribution in [2.45, 2.75) is 13.8 Å². The standard InChI is InChI=1S/C15H13N5O/c1-9-7-14(18-10(2)17-9)20-15(21)13-8-16-11-5-3-4-6-12(11)19-13/h3-8H,1-2H3,(H,17,18,20,21). The molecule has 0 aliphatic heterocycles. The first-order valence-electron chi connectivity index (χ1n) is 6.47. The first-order valence-corrected chi connectivity index (χ1v) is 6.47. The molecule has 0 bridgehead atoms. The van der Waals surface area contributed by atoms with Gasteiger partial charge in [0.25, 0.3) is 5.91 Å². The molecule has 0 saturated carbocycles. The number of anilines is 1. The van der Waals surface area contributed by atoms with E-state index in [1.807, 2.05) is 31.2 Å². The molecule has 3 aromatic rings. The molecular weight excluding hydrogens is 266 g/mol. The minimum atomic E-state index is -0.342. The molecule has 6 heteroatoms. The van der Waals surface area contributed by atoms with Crippen LogP contribution in [0.1, 0.15) is 22.0 Å². The lowest BCUT2D eigenvalue weighted by molar-refractivity contribution is 0.102. The van der Waals surface area contributed by atoms with Gasteiger partial charge >= 0.3 is 0 Å². The van der Waals surface area contributed by atoms with Crippen LogP contribution in [0.25, 0.3) is 11.0 Å². The van der Waals surface area contributed by atoms with E-state index in [-0.39, 0.29) is 11.6 Å². The summed E-state index contributed by atoms with van der Waals surface area (Å²) >= 11 is 0. The van der Waals surface area contributed by atoms with E-state index >= 15 is 0 Å². The van der Waals surface area contributed by atoms with Gasteiger partial charge in [0.1, 0.15) is 17.3 Å². The van der Waals surface area contributed by atoms with Gasteiger partial charge in [-0.15, -0.1) is 0 Å². The maximum Gasteiger partial charge on any atom is 0.277 e. The van der Waals surface area contributed by atoms with Crippen LogP contribution in [-0.4, -0.2) is 25.8 Å². The van der Waals surface area contributed by atoms with Gasteiger partial charge in [-0.2, -0.15) is 0 Å². The third-order valence-corrected chi connectivity index (χ3v) is 2.89. The van der Waals surface area contributed by atoms with Crippen molar-refractivity contribution >= 4 is 22.8 Å². The number of para-hydroxylation sites is 2. The number of nitrogens with zero attached hydrogens (tertiary/aromatic N) is 4. The van der Waals surface area contributed by atoms with Crippen LogP contribution < -0.4 is 5.32 Å². The van der Waals surface area contributed by atoms with Crippen molar-refractivity contribution in [2.24, 2.45) is 0 Å². The number of hydrogen-bond donors (Lipinski definition) is 1. The van der Waals surface area contributed by atoms with Crippen LogP contribution in [0.4, 0.5) is 5.82 Å². The zero-order valence-corrected chi connectivity index (χ0v) is 11.7. The molecule has 3 rings (SSSR count). The van der Waals surface area contributed by atoms with E-state index in [2.05, 4.69) is 25.3 Å². The molecule has 2 heterocycles. The average molecular weight is 279 g/mol. The second-order valence-corrected chi connectivity index (χ2v) is 4.64. The normalized spacial score (nSPS) is 10.6. The number of carbonyl (C=O) groups excluding carboxylic acids is 1. The maximum atomic E-state index is 12.2. The second kappa shape index (κ2) is 5.24. The molecule has 0 radical (unpaired) electrons. The lowest BCUT2D eigenvalue weighted by atomic mass is 10.3. The summed E-state index contributed by atoms with van der Waals surface area (Å²) in [7, 11) is 0. The Morgan fingerprint density at radius 1 is 1.05 bits per heavy atom. The van der Waals surface area contributed by atoms with E-state index in [9.17, 15) is 4.79 Å². The second-order valence-electron chi connectivity index (χ2n) is 4.64. The highest BCUT2D eigenvalue weighted by molar-refractivity contribution is 6.03. The molecule has 104 valence electrons. The molecule has 0 fully saturated rings. The zero-order valence-electron chi connectivity index (χ0n) is 11.7. The number of fused-ring (bicyclic) bond motifs is 1. The number of aryl methyl sites for hydroxylation is 2. The third kappa shape index (κ3) is 2.84. The Labute approximate surface area is 121 Å². The van der Waals surface area contributed by atoms with Crippen molar-refractivity contribution in [1.82, 2.24) is 19.9 Å². The molecule has 0 unspecified atom stereocenters. The Balaban J connectivity index is 1.89. The highest BCUT2D eigenvalue weighted by Crippen LogP contribution is 2.11. The maximum absolute atomic E-state index is 12.2. The highest BCUT2D eigenvalue weighted by Gasteiger charge is 2.10. The topological polar surface area (TPSA) is 80.7 Å². The molecular formula is C15H13N5O. The number of carbonyl (C=O) groups is 1. The number of nitrogens with one attached hydrogen (secondary N) is 1. The number of amides is 1. The van der Waals surface area contributed by atoms with Gasteiger partial charge in [-0.05, 0) is 26.0 Å². The first kappa shape index (κ1) is 13.1. The van der Waals surface area contributed by atoms with Gasteiger partial charge in [0, 0.05) is 11.8 Å². The van der Waals surface area contributed by atoms with Gasteiger partial charge in [0.2, 0.25) is 0 Å². The summed E-state index contributed by atoms with van der Waals surface area (Å²) < 4.78 is 0. The summed E-state index contributed by atoms with van der Waals surface area (Å²) in [5.41, 5.74) is 2.48. The Bertz CT molecular complexity index is 811. The van der Waals surface area contributed by atoms with E-state index < -0.39 is 0 Å². The summed E-state index contributed by atoms with van der Waals surface area (Å²) in [5, 5.41) is 2.71. The summed E-state index contributed by atoms with van der Waals surface area (Å²) in [6.07, 6.45) is 1.46.